The summed E-state index contributed by atoms with van der Waals surface area (Å²) in [4.78, 5) is 19.0. The van der Waals surface area contributed by atoms with Crippen LogP contribution < -0.4 is 10.1 Å². The van der Waals surface area contributed by atoms with E-state index < -0.39 is 14.9 Å². The zero-order valence-corrected chi connectivity index (χ0v) is 17.5. The van der Waals surface area contributed by atoms with Gasteiger partial charge in [-0.25, -0.2) is 17.7 Å². The SMILES string of the molecule is CCCCS(=O)(=O)N1CCC(Oc2ncnc(Nc3ccccc3)c2[N+](=O)[O-])CC1. The van der Waals surface area contributed by atoms with Gasteiger partial charge >= 0.3 is 5.69 Å². The molecule has 0 unspecified atom stereocenters. The van der Waals surface area contributed by atoms with Crippen LogP contribution in [0.1, 0.15) is 32.6 Å². The van der Waals surface area contributed by atoms with E-state index in [4.69, 9.17) is 4.74 Å². The minimum atomic E-state index is -3.27. The molecule has 0 aliphatic carbocycles. The number of hydrogen-bond acceptors (Lipinski definition) is 8. The molecular weight excluding hydrogens is 410 g/mol. The van der Waals surface area contributed by atoms with Crippen LogP contribution in [0.5, 0.6) is 5.88 Å². The van der Waals surface area contributed by atoms with Crippen molar-refractivity contribution >= 4 is 27.2 Å². The zero-order chi connectivity index (χ0) is 21.6. The summed E-state index contributed by atoms with van der Waals surface area (Å²) >= 11 is 0. The maximum atomic E-state index is 12.3. The number of hydrogen-bond donors (Lipinski definition) is 1. The summed E-state index contributed by atoms with van der Waals surface area (Å²) in [5.41, 5.74) is 0.301. The molecule has 162 valence electrons. The molecular formula is C19H25N5O5S. The van der Waals surface area contributed by atoms with Gasteiger partial charge < -0.3 is 10.1 Å². The highest BCUT2D eigenvalue weighted by molar-refractivity contribution is 7.89. The Bertz CT molecular complexity index is 963. The van der Waals surface area contributed by atoms with E-state index in [1.165, 1.54) is 10.6 Å². The van der Waals surface area contributed by atoms with Crippen LogP contribution in [0.4, 0.5) is 17.2 Å². The molecule has 10 nitrogen and oxygen atoms in total. The van der Waals surface area contributed by atoms with Crippen LogP contribution >= 0.6 is 0 Å². The molecule has 30 heavy (non-hydrogen) atoms. The summed E-state index contributed by atoms with van der Waals surface area (Å²) in [5, 5.41) is 14.6. The van der Waals surface area contributed by atoms with E-state index in [-0.39, 0.29) is 29.2 Å². The average Bonchev–Trinajstić information content (AvgIpc) is 2.73. The second kappa shape index (κ2) is 9.81. The molecule has 0 atom stereocenters. The van der Waals surface area contributed by atoms with Crippen molar-refractivity contribution in [3.8, 4) is 5.88 Å². The van der Waals surface area contributed by atoms with Gasteiger partial charge in [-0.3, -0.25) is 10.1 Å². The van der Waals surface area contributed by atoms with Gasteiger partial charge in [0.15, 0.2) is 0 Å². The highest BCUT2D eigenvalue weighted by Crippen LogP contribution is 2.34. The molecule has 1 N–H and O–H groups in total. The number of benzene rings is 1. The van der Waals surface area contributed by atoms with Crippen LogP contribution in [0.2, 0.25) is 0 Å². The Morgan fingerprint density at radius 2 is 1.93 bits per heavy atom. The number of nitrogens with zero attached hydrogens (tertiary/aromatic N) is 4. The molecule has 1 fully saturated rings. The Hall–Kier alpha value is -2.79. The van der Waals surface area contributed by atoms with Gasteiger partial charge in [-0.1, -0.05) is 31.5 Å². The third-order valence-corrected chi connectivity index (χ3v) is 6.79. The van der Waals surface area contributed by atoms with Crippen LogP contribution in [-0.4, -0.2) is 52.6 Å². The van der Waals surface area contributed by atoms with Crippen LogP contribution in [0.15, 0.2) is 36.7 Å². The molecule has 1 aliphatic rings. The van der Waals surface area contributed by atoms with E-state index >= 15 is 0 Å². The van der Waals surface area contributed by atoms with E-state index in [1.54, 1.807) is 24.3 Å². The first-order chi connectivity index (χ1) is 14.4. The number of anilines is 2. The van der Waals surface area contributed by atoms with Crippen molar-refractivity contribution in [3.63, 3.8) is 0 Å². The number of piperidine rings is 1. The molecule has 0 saturated carbocycles. The largest absolute Gasteiger partial charge is 0.469 e. The van der Waals surface area contributed by atoms with E-state index in [1.807, 2.05) is 13.0 Å². The molecule has 1 saturated heterocycles. The average molecular weight is 436 g/mol. The highest BCUT2D eigenvalue weighted by atomic mass is 32.2. The van der Waals surface area contributed by atoms with Crippen LogP contribution in [-0.2, 0) is 10.0 Å². The first-order valence-electron chi connectivity index (χ1n) is 9.86. The molecule has 1 aliphatic heterocycles. The lowest BCUT2D eigenvalue weighted by Gasteiger charge is -2.31. The third-order valence-electron chi connectivity index (χ3n) is 4.84. The Morgan fingerprint density at radius 3 is 2.57 bits per heavy atom. The number of rotatable bonds is 9. The van der Waals surface area contributed by atoms with Gasteiger partial charge in [-0.2, -0.15) is 4.98 Å². The Morgan fingerprint density at radius 1 is 1.23 bits per heavy atom. The van der Waals surface area contributed by atoms with Gasteiger partial charge in [0.05, 0.1) is 10.7 Å². The Kier molecular flexibility index (Phi) is 7.16. The Labute approximate surface area is 175 Å². The molecule has 0 amide bonds. The lowest BCUT2D eigenvalue weighted by Crippen LogP contribution is -2.42. The van der Waals surface area contributed by atoms with Crippen molar-refractivity contribution in [2.45, 2.75) is 38.7 Å². The normalized spacial score (nSPS) is 15.6. The number of sulfonamides is 1. The molecule has 2 aromatic rings. The van der Waals surface area contributed by atoms with E-state index in [0.717, 1.165) is 6.42 Å². The van der Waals surface area contributed by atoms with Crippen molar-refractivity contribution in [2.75, 3.05) is 24.2 Å². The molecule has 0 radical (unpaired) electrons. The monoisotopic (exact) mass is 435 g/mol. The second-order valence-electron chi connectivity index (χ2n) is 7.01. The predicted molar refractivity (Wildman–Crippen MR) is 112 cm³/mol. The van der Waals surface area contributed by atoms with Crippen molar-refractivity contribution in [1.82, 2.24) is 14.3 Å². The molecule has 3 rings (SSSR count). The summed E-state index contributed by atoms with van der Waals surface area (Å²) in [6.45, 7) is 2.60. The minimum Gasteiger partial charge on any atom is -0.469 e. The first kappa shape index (κ1) is 21.9. The molecule has 1 aromatic heterocycles. The smallest absolute Gasteiger partial charge is 0.373 e. The fourth-order valence-corrected chi connectivity index (χ4v) is 4.88. The molecule has 11 heteroatoms. The van der Waals surface area contributed by atoms with Crippen LogP contribution in [0.25, 0.3) is 0 Å². The van der Waals surface area contributed by atoms with Gasteiger partial charge in [0.1, 0.15) is 12.4 Å². The lowest BCUT2D eigenvalue weighted by atomic mass is 10.1. The quantitative estimate of drug-likeness (QED) is 0.470. The number of unbranched alkanes of at least 4 members (excludes halogenated alkanes) is 1. The van der Waals surface area contributed by atoms with Crippen molar-refractivity contribution in [2.24, 2.45) is 0 Å². The molecule has 1 aromatic carbocycles. The summed E-state index contributed by atoms with van der Waals surface area (Å²) in [7, 11) is -3.27. The minimum absolute atomic E-state index is 0.0378. The summed E-state index contributed by atoms with van der Waals surface area (Å²) < 4.78 is 32.0. The van der Waals surface area contributed by atoms with Gasteiger partial charge in [-0.05, 0) is 31.4 Å². The standard InChI is InChI=1S/C19H25N5O5S/c1-2-3-13-30(27,28)23-11-9-16(10-12-23)29-19-17(24(25)26)18(20-14-21-19)22-15-7-5-4-6-8-15/h4-8,14,16H,2-3,9-13H2,1H3,(H,20,21,22). The van der Waals surface area contributed by atoms with Crippen molar-refractivity contribution < 1.29 is 18.1 Å². The van der Waals surface area contributed by atoms with Gasteiger partial charge in [-0.15, -0.1) is 0 Å². The summed E-state index contributed by atoms with van der Waals surface area (Å²) in [5.74, 6) is 0.0532. The molecule has 2 heterocycles. The molecule has 0 spiro atoms. The number of ether oxygens (including phenoxy) is 1. The van der Waals surface area contributed by atoms with Crippen LogP contribution in [0.3, 0.4) is 0 Å². The number of nitro groups is 1. The maximum Gasteiger partial charge on any atom is 0.373 e. The van der Waals surface area contributed by atoms with Gasteiger partial charge in [0.2, 0.25) is 15.8 Å². The van der Waals surface area contributed by atoms with Crippen molar-refractivity contribution in [3.05, 3.63) is 46.8 Å². The summed E-state index contributed by atoms with van der Waals surface area (Å²) in [6.07, 6.45) is 3.17. The summed E-state index contributed by atoms with van der Waals surface area (Å²) in [6, 6.07) is 8.97. The predicted octanol–water partition coefficient (Wildman–Crippen LogP) is 3.10. The highest BCUT2D eigenvalue weighted by Gasteiger charge is 2.31. The fraction of sp³-hybridized carbons (Fsp3) is 0.474. The topological polar surface area (TPSA) is 128 Å². The first-order valence-corrected chi connectivity index (χ1v) is 11.5. The fourth-order valence-electron chi connectivity index (χ4n) is 3.20. The lowest BCUT2D eigenvalue weighted by molar-refractivity contribution is -0.385. The van der Waals surface area contributed by atoms with Gasteiger partial charge in [0.25, 0.3) is 5.88 Å². The molecule has 0 bridgehead atoms. The van der Waals surface area contributed by atoms with Gasteiger partial charge in [0, 0.05) is 18.8 Å². The zero-order valence-electron chi connectivity index (χ0n) is 16.7. The Balaban J connectivity index is 1.70. The van der Waals surface area contributed by atoms with Crippen LogP contribution in [0, 0.1) is 10.1 Å². The number of nitrogens with one attached hydrogen (secondary N) is 1. The maximum absolute atomic E-state index is 12.3. The van der Waals surface area contributed by atoms with E-state index in [0.29, 0.717) is 38.0 Å². The van der Waals surface area contributed by atoms with Crippen molar-refractivity contribution in [1.29, 1.82) is 0 Å². The van der Waals surface area contributed by atoms with E-state index in [2.05, 4.69) is 15.3 Å². The number of para-hydroxylation sites is 1. The third kappa shape index (κ3) is 5.42. The van der Waals surface area contributed by atoms with E-state index in [9.17, 15) is 18.5 Å². The number of aromatic nitrogens is 2. The second-order valence-corrected chi connectivity index (χ2v) is 9.10.